The van der Waals surface area contributed by atoms with E-state index in [1.165, 1.54) is 12.0 Å². The topological polar surface area (TPSA) is 30.5 Å². The largest absolute Gasteiger partial charge is 0.383 e. The first-order valence-electron chi connectivity index (χ1n) is 6.25. The minimum absolute atomic E-state index is 0.279. The van der Waals surface area contributed by atoms with Crippen LogP contribution in [-0.4, -0.2) is 33.5 Å². The molecule has 0 bridgehead atoms. The van der Waals surface area contributed by atoms with Crippen LogP contribution in [0.4, 0.5) is 0 Å². The molecule has 2 atom stereocenters. The van der Waals surface area contributed by atoms with Crippen LogP contribution < -0.4 is 5.32 Å². The van der Waals surface area contributed by atoms with Crippen molar-refractivity contribution >= 4 is 0 Å². The molecule has 94 valence electrons. The van der Waals surface area contributed by atoms with Gasteiger partial charge >= 0.3 is 0 Å². The number of hydrogen-bond donors (Lipinski definition) is 1. The van der Waals surface area contributed by atoms with Gasteiger partial charge in [-0.2, -0.15) is 0 Å². The Bertz CT molecular complexity index is 309. The Morgan fingerprint density at radius 1 is 1.41 bits per heavy atom. The van der Waals surface area contributed by atoms with Crippen LogP contribution in [0.3, 0.4) is 0 Å². The van der Waals surface area contributed by atoms with Crippen LogP contribution in [0.2, 0.25) is 0 Å². The van der Waals surface area contributed by atoms with Crippen molar-refractivity contribution in [1.82, 2.24) is 5.32 Å². The lowest BCUT2D eigenvalue weighted by atomic mass is 10.1. The van der Waals surface area contributed by atoms with Gasteiger partial charge in [0.2, 0.25) is 0 Å². The van der Waals surface area contributed by atoms with Gasteiger partial charge in [-0.05, 0) is 17.9 Å². The van der Waals surface area contributed by atoms with Gasteiger partial charge in [-0.3, -0.25) is 0 Å². The molecule has 2 unspecified atom stereocenters. The van der Waals surface area contributed by atoms with Crippen molar-refractivity contribution in [2.24, 2.45) is 5.92 Å². The Kier molecular flexibility index (Phi) is 4.98. The summed E-state index contributed by atoms with van der Waals surface area (Å²) in [6.45, 7) is 3.51. The summed E-state index contributed by atoms with van der Waals surface area (Å²) in [4.78, 5) is 0. The zero-order chi connectivity index (χ0) is 11.9. The second kappa shape index (κ2) is 6.74. The van der Waals surface area contributed by atoms with Gasteiger partial charge in [-0.25, -0.2) is 0 Å². The minimum atomic E-state index is 0.279. The summed E-state index contributed by atoms with van der Waals surface area (Å²) in [7, 11) is 1.75. The van der Waals surface area contributed by atoms with Gasteiger partial charge in [-0.15, -0.1) is 0 Å². The zero-order valence-corrected chi connectivity index (χ0v) is 10.4. The van der Waals surface area contributed by atoms with E-state index in [0.717, 1.165) is 19.8 Å². The van der Waals surface area contributed by atoms with Crippen molar-refractivity contribution in [1.29, 1.82) is 0 Å². The second-order valence-electron chi connectivity index (χ2n) is 4.56. The highest BCUT2D eigenvalue weighted by Crippen LogP contribution is 2.16. The van der Waals surface area contributed by atoms with E-state index < -0.39 is 0 Å². The second-order valence-corrected chi connectivity index (χ2v) is 4.56. The molecule has 0 spiro atoms. The first kappa shape index (κ1) is 12.6. The zero-order valence-electron chi connectivity index (χ0n) is 10.4. The molecule has 1 heterocycles. The first-order valence-corrected chi connectivity index (χ1v) is 6.25. The predicted octanol–water partition coefficient (Wildman–Crippen LogP) is 2.00. The molecule has 1 aromatic rings. The molecule has 1 aromatic carbocycles. The summed E-state index contributed by atoms with van der Waals surface area (Å²) >= 11 is 0. The molecule has 3 nitrogen and oxygen atoms in total. The molecule has 0 amide bonds. The summed E-state index contributed by atoms with van der Waals surface area (Å²) in [5.74, 6) is 0.651. The van der Waals surface area contributed by atoms with Gasteiger partial charge in [0.1, 0.15) is 0 Å². The first-order chi connectivity index (χ1) is 8.40. The average Bonchev–Trinajstić information content (AvgIpc) is 2.88. The number of hydrogen-bond acceptors (Lipinski definition) is 3. The van der Waals surface area contributed by atoms with Gasteiger partial charge in [0.15, 0.2) is 0 Å². The van der Waals surface area contributed by atoms with E-state index in [1.54, 1.807) is 7.11 Å². The lowest BCUT2D eigenvalue weighted by molar-refractivity contribution is 0.159. The van der Waals surface area contributed by atoms with Crippen LogP contribution in [-0.2, 0) is 9.47 Å². The smallest absolute Gasteiger partial charge is 0.0657 e. The molecular formula is C14H21NO2. The number of nitrogens with one attached hydrogen (secondary N) is 1. The van der Waals surface area contributed by atoms with Crippen LogP contribution in [0.15, 0.2) is 30.3 Å². The fourth-order valence-corrected chi connectivity index (χ4v) is 2.18. The molecular weight excluding hydrogens is 214 g/mol. The molecule has 1 N–H and O–H groups in total. The standard InChI is InChI=1S/C14H21NO2/c1-16-11-14(13-5-3-2-4-6-13)15-9-12-7-8-17-10-12/h2-6,12,14-15H,7-11H2,1H3. The third-order valence-corrected chi connectivity index (χ3v) is 3.21. The predicted molar refractivity (Wildman–Crippen MR) is 68.0 cm³/mol. The van der Waals surface area contributed by atoms with Gasteiger partial charge in [0, 0.05) is 20.3 Å². The normalized spacial score (nSPS) is 21.6. The molecule has 1 fully saturated rings. The van der Waals surface area contributed by atoms with E-state index in [0.29, 0.717) is 12.5 Å². The molecule has 0 aliphatic carbocycles. The van der Waals surface area contributed by atoms with Crippen molar-refractivity contribution in [3.05, 3.63) is 35.9 Å². The molecule has 1 saturated heterocycles. The monoisotopic (exact) mass is 235 g/mol. The maximum absolute atomic E-state index is 5.38. The maximum atomic E-state index is 5.38. The molecule has 3 heteroatoms. The fourth-order valence-electron chi connectivity index (χ4n) is 2.18. The highest BCUT2D eigenvalue weighted by molar-refractivity contribution is 5.18. The van der Waals surface area contributed by atoms with Crippen molar-refractivity contribution in [2.75, 3.05) is 33.5 Å². The lowest BCUT2D eigenvalue weighted by Gasteiger charge is -2.20. The molecule has 1 aliphatic rings. The fraction of sp³-hybridized carbons (Fsp3) is 0.571. The molecule has 0 saturated carbocycles. The van der Waals surface area contributed by atoms with Crippen LogP contribution in [0.25, 0.3) is 0 Å². The van der Waals surface area contributed by atoms with E-state index in [2.05, 4.69) is 29.6 Å². The van der Waals surface area contributed by atoms with Crippen LogP contribution in [0, 0.1) is 5.92 Å². The highest BCUT2D eigenvalue weighted by atomic mass is 16.5. The lowest BCUT2D eigenvalue weighted by Crippen LogP contribution is -2.30. The van der Waals surface area contributed by atoms with Crippen LogP contribution in [0.1, 0.15) is 18.0 Å². The minimum Gasteiger partial charge on any atom is -0.383 e. The van der Waals surface area contributed by atoms with E-state index in [9.17, 15) is 0 Å². The van der Waals surface area contributed by atoms with Gasteiger partial charge in [0.25, 0.3) is 0 Å². The Hall–Kier alpha value is -0.900. The Labute approximate surface area is 103 Å². The van der Waals surface area contributed by atoms with Gasteiger partial charge in [-0.1, -0.05) is 30.3 Å². The van der Waals surface area contributed by atoms with E-state index in [4.69, 9.17) is 9.47 Å². The number of benzene rings is 1. The van der Waals surface area contributed by atoms with Gasteiger partial charge in [0.05, 0.1) is 19.3 Å². The SMILES string of the molecule is COCC(NCC1CCOC1)c1ccccc1. The van der Waals surface area contributed by atoms with E-state index >= 15 is 0 Å². The summed E-state index contributed by atoms with van der Waals surface area (Å²) in [5, 5.41) is 3.57. The average molecular weight is 235 g/mol. The number of rotatable bonds is 6. The molecule has 1 aliphatic heterocycles. The summed E-state index contributed by atoms with van der Waals surface area (Å²) < 4.78 is 10.7. The number of ether oxygens (including phenoxy) is 2. The van der Waals surface area contributed by atoms with Crippen molar-refractivity contribution < 1.29 is 9.47 Å². The van der Waals surface area contributed by atoms with E-state index in [1.807, 2.05) is 6.07 Å². The molecule has 17 heavy (non-hydrogen) atoms. The van der Waals surface area contributed by atoms with Crippen molar-refractivity contribution in [3.63, 3.8) is 0 Å². The summed E-state index contributed by atoms with van der Waals surface area (Å²) in [6, 6.07) is 10.7. The van der Waals surface area contributed by atoms with Crippen molar-refractivity contribution in [3.8, 4) is 0 Å². The molecule has 0 aromatic heterocycles. The van der Waals surface area contributed by atoms with Crippen LogP contribution >= 0.6 is 0 Å². The summed E-state index contributed by atoms with van der Waals surface area (Å²) in [5.41, 5.74) is 1.29. The quantitative estimate of drug-likeness (QED) is 0.818. The molecule has 0 radical (unpaired) electrons. The third-order valence-electron chi connectivity index (χ3n) is 3.21. The van der Waals surface area contributed by atoms with E-state index in [-0.39, 0.29) is 6.04 Å². The van der Waals surface area contributed by atoms with Gasteiger partial charge < -0.3 is 14.8 Å². The van der Waals surface area contributed by atoms with Crippen molar-refractivity contribution in [2.45, 2.75) is 12.5 Å². The third kappa shape index (κ3) is 3.80. The maximum Gasteiger partial charge on any atom is 0.0657 e. The summed E-state index contributed by atoms with van der Waals surface area (Å²) in [6.07, 6.45) is 1.17. The Balaban J connectivity index is 1.88. The van der Waals surface area contributed by atoms with Crippen LogP contribution in [0.5, 0.6) is 0 Å². The number of methoxy groups -OCH3 is 1. The molecule has 2 rings (SSSR count). The Morgan fingerprint density at radius 3 is 2.88 bits per heavy atom. The highest BCUT2D eigenvalue weighted by Gasteiger charge is 2.18. The Morgan fingerprint density at radius 2 is 2.24 bits per heavy atom.